The molecule has 3 amide bonds. The van der Waals surface area contributed by atoms with Crippen molar-refractivity contribution in [1.29, 1.82) is 0 Å². The first kappa shape index (κ1) is 14.2. The van der Waals surface area contributed by atoms with Crippen LogP contribution in [0, 0.1) is 0 Å². The van der Waals surface area contributed by atoms with Gasteiger partial charge >= 0.3 is 12.0 Å². The van der Waals surface area contributed by atoms with Crippen LogP contribution in [-0.2, 0) is 9.59 Å². The van der Waals surface area contributed by atoms with E-state index in [9.17, 15) is 14.4 Å². The van der Waals surface area contributed by atoms with Crippen LogP contribution < -0.4 is 5.32 Å². The van der Waals surface area contributed by atoms with Gasteiger partial charge in [0, 0.05) is 24.7 Å². The molecular weight excluding hydrogens is 212 g/mol. The lowest BCUT2D eigenvalue weighted by molar-refractivity contribution is -0.131. The van der Waals surface area contributed by atoms with Gasteiger partial charge in [0.25, 0.3) is 5.91 Å². The fourth-order valence-corrected chi connectivity index (χ4v) is 1.11. The maximum Gasteiger partial charge on any atom is 0.328 e. The molecule has 6 nitrogen and oxygen atoms in total. The first-order valence-corrected chi connectivity index (χ1v) is 4.91. The third-order valence-electron chi connectivity index (χ3n) is 1.83. The van der Waals surface area contributed by atoms with E-state index >= 15 is 0 Å². The summed E-state index contributed by atoms with van der Waals surface area (Å²) in [5, 5.41) is 10.3. The van der Waals surface area contributed by atoms with Gasteiger partial charge in [-0.1, -0.05) is 0 Å². The molecule has 0 radical (unpaired) electrons. The van der Waals surface area contributed by atoms with E-state index in [2.05, 4.69) is 5.32 Å². The number of imide groups is 1. The number of nitrogens with one attached hydrogen (secondary N) is 1. The molecule has 0 saturated heterocycles. The molecule has 0 atom stereocenters. The van der Waals surface area contributed by atoms with Crippen molar-refractivity contribution in [3.8, 4) is 0 Å². The minimum atomic E-state index is -1.24. The normalized spacial score (nSPS) is 10.5. The number of nitrogens with zero attached hydrogens (tertiary/aromatic N) is 1. The van der Waals surface area contributed by atoms with Crippen LogP contribution in [-0.4, -0.2) is 40.5 Å². The van der Waals surface area contributed by atoms with E-state index in [1.807, 2.05) is 13.8 Å². The molecule has 0 aliphatic rings. The van der Waals surface area contributed by atoms with Gasteiger partial charge in [-0.3, -0.25) is 10.1 Å². The molecule has 0 spiro atoms. The molecule has 0 aromatic rings. The summed E-state index contributed by atoms with van der Waals surface area (Å²) in [6.45, 7) is 5.90. The number of amides is 3. The third kappa shape index (κ3) is 5.14. The lowest BCUT2D eigenvalue weighted by Gasteiger charge is -2.24. The second kappa shape index (κ2) is 6.60. The molecule has 0 aromatic carbocycles. The number of rotatable bonds is 4. The Labute approximate surface area is 93.9 Å². The largest absolute Gasteiger partial charge is 0.478 e. The Bertz CT molecular complexity index is 310. The van der Waals surface area contributed by atoms with Gasteiger partial charge in [0.1, 0.15) is 0 Å². The van der Waals surface area contributed by atoms with Crippen molar-refractivity contribution in [3.63, 3.8) is 0 Å². The highest BCUT2D eigenvalue weighted by Gasteiger charge is 2.15. The zero-order valence-electron chi connectivity index (χ0n) is 9.56. The molecule has 0 fully saturated rings. The molecule has 6 heteroatoms. The first-order valence-electron chi connectivity index (χ1n) is 4.91. The third-order valence-corrected chi connectivity index (χ3v) is 1.83. The van der Waals surface area contributed by atoms with Crippen molar-refractivity contribution in [3.05, 3.63) is 12.2 Å². The average molecular weight is 228 g/mol. The summed E-state index contributed by atoms with van der Waals surface area (Å²) in [6, 6.07) is -0.557. The highest BCUT2D eigenvalue weighted by Crippen LogP contribution is 1.97. The minimum Gasteiger partial charge on any atom is -0.478 e. The smallest absolute Gasteiger partial charge is 0.328 e. The molecule has 0 aliphatic heterocycles. The topological polar surface area (TPSA) is 86.7 Å². The van der Waals surface area contributed by atoms with Gasteiger partial charge in [0.05, 0.1) is 0 Å². The zero-order chi connectivity index (χ0) is 12.7. The number of hydrogen-bond donors (Lipinski definition) is 2. The molecular formula is C10H16N2O4. The first-order chi connectivity index (χ1) is 7.38. The van der Waals surface area contributed by atoms with Crippen LogP contribution in [0.3, 0.4) is 0 Å². The van der Waals surface area contributed by atoms with Crippen LogP contribution in [0.5, 0.6) is 0 Å². The van der Waals surface area contributed by atoms with Crippen molar-refractivity contribution in [2.24, 2.45) is 0 Å². The van der Waals surface area contributed by atoms with Gasteiger partial charge in [0.2, 0.25) is 0 Å². The maximum absolute atomic E-state index is 11.5. The van der Waals surface area contributed by atoms with Crippen molar-refractivity contribution < 1.29 is 19.5 Å². The van der Waals surface area contributed by atoms with Crippen molar-refractivity contribution in [1.82, 2.24) is 10.2 Å². The fourth-order valence-electron chi connectivity index (χ4n) is 1.11. The Kier molecular flexibility index (Phi) is 5.84. The summed E-state index contributed by atoms with van der Waals surface area (Å²) >= 11 is 0. The van der Waals surface area contributed by atoms with Crippen molar-refractivity contribution >= 4 is 17.9 Å². The fraction of sp³-hybridized carbons (Fsp3) is 0.500. The predicted molar refractivity (Wildman–Crippen MR) is 57.8 cm³/mol. The number of carboxylic acids is 1. The van der Waals surface area contributed by atoms with E-state index in [-0.39, 0.29) is 6.04 Å². The van der Waals surface area contributed by atoms with Crippen LogP contribution >= 0.6 is 0 Å². The maximum atomic E-state index is 11.5. The Hall–Kier alpha value is -1.85. The van der Waals surface area contributed by atoms with Crippen molar-refractivity contribution in [2.75, 3.05) is 6.54 Å². The van der Waals surface area contributed by atoms with Crippen molar-refractivity contribution in [2.45, 2.75) is 26.8 Å². The van der Waals surface area contributed by atoms with Crippen LogP contribution in [0.2, 0.25) is 0 Å². The van der Waals surface area contributed by atoms with E-state index in [0.717, 1.165) is 6.08 Å². The molecule has 0 rings (SSSR count). The second-order valence-corrected chi connectivity index (χ2v) is 3.35. The van der Waals surface area contributed by atoms with E-state index in [1.165, 1.54) is 4.90 Å². The number of aliphatic carboxylic acids is 1. The van der Waals surface area contributed by atoms with E-state index < -0.39 is 17.9 Å². The van der Waals surface area contributed by atoms with Crippen LogP contribution in [0.4, 0.5) is 4.79 Å². The number of carboxylic acid groups (broad SMARTS) is 1. The average Bonchev–Trinajstić information content (AvgIpc) is 2.15. The van der Waals surface area contributed by atoms with Crippen LogP contribution in [0.25, 0.3) is 0 Å². The Morgan fingerprint density at radius 2 is 1.88 bits per heavy atom. The molecule has 2 N–H and O–H groups in total. The number of hydrogen-bond acceptors (Lipinski definition) is 3. The summed E-state index contributed by atoms with van der Waals surface area (Å²) < 4.78 is 0. The molecule has 0 aromatic heterocycles. The highest BCUT2D eigenvalue weighted by molar-refractivity contribution is 6.02. The Morgan fingerprint density at radius 1 is 1.31 bits per heavy atom. The molecule has 0 bridgehead atoms. The minimum absolute atomic E-state index is 0.0266. The van der Waals surface area contributed by atoms with Crippen LogP contribution in [0.1, 0.15) is 20.8 Å². The summed E-state index contributed by atoms with van der Waals surface area (Å²) in [4.78, 5) is 34.2. The van der Waals surface area contributed by atoms with Crippen LogP contribution in [0.15, 0.2) is 12.2 Å². The van der Waals surface area contributed by atoms with Gasteiger partial charge in [0.15, 0.2) is 0 Å². The number of carbonyl (C=O) groups excluding carboxylic acids is 2. The SMILES string of the molecule is CCN(C(=O)NC(=O)/C=C/C(=O)O)C(C)C. The molecule has 0 aliphatic carbocycles. The van der Waals surface area contributed by atoms with E-state index in [1.54, 1.807) is 6.92 Å². The monoisotopic (exact) mass is 228 g/mol. The molecule has 0 unspecified atom stereocenters. The van der Waals surface area contributed by atoms with E-state index in [4.69, 9.17) is 5.11 Å². The van der Waals surface area contributed by atoms with E-state index in [0.29, 0.717) is 12.6 Å². The summed E-state index contributed by atoms with van der Waals surface area (Å²) in [5.41, 5.74) is 0. The predicted octanol–water partition coefficient (Wildman–Crippen LogP) is 0.594. The highest BCUT2D eigenvalue weighted by atomic mass is 16.4. The lowest BCUT2D eigenvalue weighted by Crippen LogP contribution is -2.45. The Morgan fingerprint density at radius 3 is 2.25 bits per heavy atom. The molecule has 90 valence electrons. The lowest BCUT2D eigenvalue weighted by atomic mass is 10.3. The number of urea groups is 1. The zero-order valence-corrected chi connectivity index (χ0v) is 9.56. The molecule has 0 saturated carbocycles. The Balaban J connectivity index is 4.33. The summed E-state index contributed by atoms with van der Waals surface area (Å²) in [6.07, 6.45) is 1.47. The molecule has 16 heavy (non-hydrogen) atoms. The van der Waals surface area contributed by atoms with Gasteiger partial charge in [-0.15, -0.1) is 0 Å². The van der Waals surface area contributed by atoms with Gasteiger partial charge in [-0.05, 0) is 20.8 Å². The second-order valence-electron chi connectivity index (χ2n) is 3.35. The summed E-state index contributed by atoms with van der Waals surface area (Å²) in [7, 11) is 0. The van der Waals surface area contributed by atoms with Gasteiger partial charge in [-0.2, -0.15) is 0 Å². The summed E-state index contributed by atoms with van der Waals surface area (Å²) in [5.74, 6) is -1.98. The van der Waals surface area contributed by atoms with Gasteiger partial charge in [-0.25, -0.2) is 9.59 Å². The quantitative estimate of drug-likeness (QED) is 0.689. The van der Waals surface area contributed by atoms with Gasteiger partial charge < -0.3 is 10.0 Å². The molecule has 0 heterocycles. The standard InChI is InChI=1S/C10H16N2O4/c1-4-12(7(2)3)10(16)11-8(13)5-6-9(14)15/h5-7H,4H2,1-3H3,(H,14,15)(H,11,13,16)/b6-5+. The number of carbonyl (C=O) groups is 3.